The van der Waals surface area contributed by atoms with Gasteiger partial charge in [-0.15, -0.1) is 0 Å². The molecule has 0 saturated carbocycles. The Kier molecular flexibility index (Phi) is 7.44. The summed E-state index contributed by atoms with van der Waals surface area (Å²) in [6.45, 7) is 3.88. The van der Waals surface area contributed by atoms with Crippen LogP contribution < -0.4 is 14.2 Å². The number of carbonyl (C=O) groups is 1. The van der Waals surface area contributed by atoms with Crippen LogP contribution in [0.15, 0.2) is 114 Å². The van der Waals surface area contributed by atoms with Crippen molar-refractivity contribution in [2.24, 2.45) is 5.10 Å². The molecule has 4 aromatic rings. The molecule has 6 nitrogen and oxygen atoms in total. The fourth-order valence-electron chi connectivity index (χ4n) is 3.22. The van der Waals surface area contributed by atoms with Crippen LogP contribution in [0.5, 0.6) is 11.5 Å². The average molecular weight is 484 g/mol. The van der Waals surface area contributed by atoms with Crippen LogP contribution in [0, 0.1) is 13.8 Å². The van der Waals surface area contributed by atoms with Crippen molar-refractivity contribution in [3.8, 4) is 11.5 Å². The first-order valence-electron chi connectivity index (χ1n) is 11.0. The minimum absolute atomic E-state index is 0.0806. The van der Waals surface area contributed by atoms with Gasteiger partial charge >= 0.3 is 7.75 Å². The van der Waals surface area contributed by atoms with Gasteiger partial charge in [0, 0.05) is 11.1 Å². The lowest BCUT2D eigenvalue weighted by Crippen LogP contribution is -2.22. The molecule has 4 aromatic carbocycles. The standard InChI is InChI=1S/C28H25N2O4P/c1-21-13-17-25(18-14-21)33-35(32,34-26-19-15-22(2)16-20-26)30-29-27(23-9-5-3-6-10-23)28(31)24-11-7-4-8-12-24/h3-20H,1-2H3,(H,30,32). The van der Waals surface area contributed by atoms with E-state index in [1.165, 1.54) is 0 Å². The van der Waals surface area contributed by atoms with E-state index in [2.05, 4.69) is 10.3 Å². The van der Waals surface area contributed by atoms with Crippen molar-refractivity contribution in [1.82, 2.24) is 5.20 Å². The van der Waals surface area contributed by atoms with Crippen molar-refractivity contribution < 1.29 is 18.4 Å². The molecule has 1 N–H and O–H groups in total. The largest absolute Gasteiger partial charge is 0.557 e. The zero-order chi connectivity index (χ0) is 24.7. The van der Waals surface area contributed by atoms with Crippen LogP contribution in [0.3, 0.4) is 0 Å². The molecule has 0 saturated heterocycles. The molecule has 35 heavy (non-hydrogen) atoms. The molecule has 0 aliphatic carbocycles. The smallest absolute Gasteiger partial charge is 0.399 e. The second-order valence-electron chi connectivity index (χ2n) is 7.93. The molecule has 0 amide bonds. The van der Waals surface area contributed by atoms with Crippen LogP contribution in [-0.4, -0.2) is 11.5 Å². The molecule has 0 aromatic heterocycles. The van der Waals surface area contributed by atoms with Crippen molar-refractivity contribution >= 4 is 19.2 Å². The zero-order valence-electron chi connectivity index (χ0n) is 19.4. The third-order valence-corrected chi connectivity index (χ3v) is 6.32. The van der Waals surface area contributed by atoms with Crippen LogP contribution >= 0.6 is 7.75 Å². The Hall–Kier alpha value is -4.15. The first kappa shape index (κ1) is 24.0. The molecule has 7 heteroatoms. The number of nitrogens with zero attached hydrogens (tertiary/aromatic N) is 1. The second kappa shape index (κ2) is 10.9. The summed E-state index contributed by atoms with van der Waals surface area (Å²) in [7, 11) is -4.09. The highest BCUT2D eigenvalue weighted by Crippen LogP contribution is 2.45. The molecular formula is C28H25N2O4P. The van der Waals surface area contributed by atoms with Gasteiger partial charge in [0.25, 0.3) is 0 Å². The summed E-state index contributed by atoms with van der Waals surface area (Å²) in [6.07, 6.45) is 0. The normalized spacial score (nSPS) is 11.5. The Bertz CT molecular complexity index is 1300. The lowest BCUT2D eigenvalue weighted by Gasteiger charge is -2.19. The van der Waals surface area contributed by atoms with Gasteiger partial charge in [-0.1, -0.05) is 96.1 Å². The van der Waals surface area contributed by atoms with Crippen LogP contribution in [0.4, 0.5) is 0 Å². The molecular weight excluding hydrogens is 459 g/mol. The Morgan fingerprint density at radius 3 is 1.54 bits per heavy atom. The Labute approximate surface area is 204 Å². The SMILES string of the molecule is Cc1ccc(OP(=O)(NN=C(C(=O)c2ccccc2)c2ccccc2)Oc2ccc(C)cc2)cc1. The van der Waals surface area contributed by atoms with E-state index in [9.17, 15) is 9.36 Å². The molecule has 0 atom stereocenters. The maximum atomic E-state index is 13.8. The van der Waals surface area contributed by atoms with Crippen molar-refractivity contribution in [3.05, 3.63) is 131 Å². The molecule has 0 aliphatic heterocycles. The van der Waals surface area contributed by atoms with E-state index in [-0.39, 0.29) is 11.5 Å². The monoisotopic (exact) mass is 484 g/mol. The van der Waals surface area contributed by atoms with E-state index in [0.29, 0.717) is 22.6 Å². The molecule has 0 unspecified atom stereocenters. The van der Waals surface area contributed by atoms with E-state index in [4.69, 9.17) is 9.05 Å². The van der Waals surface area contributed by atoms with E-state index in [0.717, 1.165) is 11.1 Å². The number of rotatable bonds is 9. The number of hydrogen-bond donors (Lipinski definition) is 1. The van der Waals surface area contributed by atoms with Crippen LogP contribution in [0.25, 0.3) is 0 Å². The lowest BCUT2D eigenvalue weighted by molar-refractivity contribution is 0.106. The van der Waals surface area contributed by atoms with Gasteiger partial charge < -0.3 is 9.05 Å². The third-order valence-electron chi connectivity index (χ3n) is 5.08. The van der Waals surface area contributed by atoms with E-state index >= 15 is 0 Å². The van der Waals surface area contributed by atoms with Gasteiger partial charge in [-0.25, -0.2) is 4.57 Å². The molecule has 0 spiro atoms. The predicted molar refractivity (Wildman–Crippen MR) is 138 cm³/mol. The van der Waals surface area contributed by atoms with Crippen LogP contribution in [0.2, 0.25) is 0 Å². The number of carbonyl (C=O) groups excluding carboxylic acids is 1. The van der Waals surface area contributed by atoms with E-state index < -0.39 is 7.75 Å². The lowest BCUT2D eigenvalue weighted by atomic mass is 10.0. The fraction of sp³-hybridized carbons (Fsp3) is 0.0714. The Morgan fingerprint density at radius 2 is 1.09 bits per heavy atom. The van der Waals surface area contributed by atoms with Gasteiger partial charge in [0.1, 0.15) is 17.2 Å². The van der Waals surface area contributed by atoms with Gasteiger partial charge in [0.15, 0.2) is 0 Å². The van der Waals surface area contributed by atoms with Gasteiger partial charge in [0.2, 0.25) is 5.78 Å². The van der Waals surface area contributed by atoms with Gasteiger partial charge in [-0.05, 0) is 38.1 Å². The molecule has 176 valence electrons. The number of hydrazone groups is 1. The highest BCUT2D eigenvalue weighted by atomic mass is 31.2. The summed E-state index contributed by atoms with van der Waals surface area (Å²) < 4.78 is 25.4. The molecule has 0 bridgehead atoms. The minimum atomic E-state index is -4.09. The van der Waals surface area contributed by atoms with Crippen LogP contribution in [-0.2, 0) is 4.57 Å². The van der Waals surface area contributed by atoms with Crippen molar-refractivity contribution in [1.29, 1.82) is 0 Å². The maximum absolute atomic E-state index is 13.8. The average Bonchev–Trinajstić information content (AvgIpc) is 2.88. The molecule has 0 heterocycles. The first-order chi connectivity index (χ1) is 16.9. The van der Waals surface area contributed by atoms with Gasteiger partial charge in [-0.3, -0.25) is 4.79 Å². The van der Waals surface area contributed by atoms with Crippen molar-refractivity contribution in [3.63, 3.8) is 0 Å². The fourth-order valence-corrected chi connectivity index (χ4v) is 4.36. The predicted octanol–water partition coefficient (Wildman–Crippen LogP) is 6.75. The number of aryl methyl sites for hydroxylation is 2. The summed E-state index contributed by atoms with van der Waals surface area (Å²) in [5.74, 6) is 0.343. The minimum Gasteiger partial charge on any atom is -0.399 e. The molecule has 4 rings (SSSR count). The molecule has 0 aliphatic rings. The summed E-state index contributed by atoms with van der Waals surface area (Å²) in [5.41, 5.74) is 3.14. The summed E-state index contributed by atoms with van der Waals surface area (Å²) >= 11 is 0. The Balaban J connectivity index is 1.71. The number of ketones is 1. The number of Topliss-reactive ketones (excluding diaryl/α,β-unsaturated/α-hetero) is 1. The summed E-state index contributed by atoms with van der Waals surface area (Å²) in [6, 6.07) is 31.8. The number of hydrogen-bond acceptors (Lipinski definition) is 5. The van der Waals surface area contributed by atoms with Gasteiger partial charge in [-0.2, -0.15) is 10.3 Å². The molecule has 0 fully saturated rings. The molecule has 0 radical (unpaired) electrons. The first-order valence-corrected chi connectivity index (χ1v) is 12.6. The Morgan fingerprint density at radius 1 is 0.657 bits per heavy atom. The van der Waals surface area contributed by atoms with Crippen LogP contribution in [0.1, 0.15) is 27.0 Å². The number of nitrogens with one attached hydrogen (secondary N) is 1. The maximum Gasteiger partial charge on any atom is 0.557 e. The summed E-state index contributed by atoms with van der Waals surface area (Å²) in [4.78, 5) is 13.3. The zero-order valence-corrected chi connectivity index (χ0v) is 20.3. The van der Waals surface area contributed by atoms with Crippen molar-refractivity contribution in [2.75, 3.05) is 0 Å². The number of benzene rings is 4. The van der Waals surface area contributed by atoms with E-state index in [1.807, 2.05) is 50.2 Å². The second-order valence-corrected chi connectivity index (χ2v) is 9.49. The topological polar surface area (TPSA) is 77.0 Å². The highest BCUT2D eigenvalue weighted by Gasteiger charge is 2.30. The third kappa shape index (κ3) is 6.46. The van der Waals surface area contributed by atoms with Gasteiger partial charge in [0.05, 0.1) is 0 Å². The highest BCUT2D eigenvalue weighted by molar-refractivity contribution is 7.52. The van der Waals surface area contributed by atoms with Crippen molar-refractivity contribution in [2.45, 2.75) is 13.8 Å². The quantitative estimate of drug-likeness (QED) is 0.123. The summed E-state index contributed by atoms with van der Waals surface area (Å²) in [5, 5.41) is 6.82. The van der Waals surface area contributed by atoms with E-state index in [1.54, 1.807) is 72.8 Å².